The van der Waals surface area contributed by atoms with Crippen molar-refractivity contribution in [3.63, 3.8) is 0 Å². The molecule has 206 valence electrons. The summed E-state index contributed by atoms with van der Waals surface area (Å²) >= 11 is 8.60. The van der Waals surface area contributed by atoms with Crippen molar-refractivity contribution in [2.75, 3.05) is 0 Å². The maximum Gasteiger partial charge on any atom is 0.249 e. The summed E-state index contributed by atoms with van der Waals surface area (Å²) in [6.45, 7) is 36.3. The summed E-state index contributed by atoms with van der Waals surface area (Å²) in [5.41, 5.74) is 8.38. The SMILES string of the molecule is Cc1ccc([Si](C)(C)C)c(C)c1[Si](Cl)(c1c(C)ccc([Si](C)(C)C)c1C)c1c(C)ccc([Si](C)(C)C)c1C. The van der Waals surface area contributed by atoms with Gasteiger partial charge < -0.3 is 0 Å². The largest absolute Gasteiger partial charge is 0.249 e. The summed E-state index contributed by atoms with van der Waals surface area (Å²) in [5, 5.41) is 8.96. The fourth-order valence-electron chi connectivity index (χ4n) is 6.94. The second kappa shape index (κ2) is 10.3. The minimum absolute atomic E-state index is 1.35. The highest BCUT2D eigenvalue weighted by Gasteiger charge is 2.46. The Kier molecular flexibility index (Phi) is 8.53. The summed E-state index contributed by atoms with van der Waals surface area (Å²) in [5.74, 6) is 0. The van der Waals surface area contributed by atoms with Gasteiger partial charge >= 0.3 is 0 Å². The highest BCUT2D eigenvalue weighted by Crippen LogP contribution is 2.24. The number of halogens is 1. The molecule has 0 nitrogen and oxygen atoms in total. The van der Waals surface area contributed by atoms with Crippen molar-refractivity contribution in [3.05, 3.63) is 69.8 Å². The van der Waals surface area contributed by atoms with Crippen LogP contribution in [0.25, 0.3) is 0 Å². The van der Waals surface area contributed by atoms with Crippen LogP contribution in [0.15, 0.2) is 36.4 Å². The monoisotopic (exact) mass is 594 g/mol. The molecule has 0 aliphatic heterocycles. The lowest BCUT2D eigenvalue weighted by Crippen LogP contribution is -2.70. The summed E-state index contributed by atoms with van der Waals surface area (Å²) in [4.78, 5) is 0. The Morgan fingerprint density at radius 2 is 0.605 bits per heavy atom. The van der Waals surface area contributed by atoms with Gasteiger partial charge in [-0.25, -0.2) is 0 Å². The summed E-state index contributed by atoms with van der Waals surface area (Å²) < 4.78 is 0. The first-order valence-corrected chi connectivity index (χ1v) is 27.7. The molecule has 0 saturated carbocycles. The van der Waals surface area contributed by atoms with Crippen molar-refractivity contribution in [1.29, 1.82) is 0 Å². The van der Waals surface area contributed by atoms with Gasteiger partial charge in [0, 0.05) is 0 Å². The van der Waals surface area contributed by atoms with Crippen LogP contribution in [-0.2, 0) is 0 Å². The molecule has 0 unspecified atom stereocenters. The van der Waals surface area contributed by atoms with Gasteiger partial charge in [-0.05, 0) is 73.8 Å². The third kappa shape index (κ3) is 5.41. The molecule has 0 aliphatic rings. The van der Waals surface area contributed by atoms with E-state index in [-0.39, 0.29) is 0 Å². The van der Waals surface area contributed by atoms with Crippen molar-refractivity contribution in [2.45, 2.75) is 100 Å². The first-order chi connectivity index (χ1) is 17.1. The molecule has 3 aromatic carbocycles. The third-order valence-corrected chi connectivity index (χ3v) is 21.0. The first kappa shape index (κ1) is 31.3. The van der Waals surface area contributed by atoms with Crippen LogP contribution >= 0.6 is 11.1 Å². The molecular formula is C33H51ClSi4. The molecule has 0 heterocycles. The number of rotatable bonds is 6. The van der Waals surface area contributed by atoms with Crippen LogP contribution in [0, 0.1) is 41.5 Å². The predicted octanol–water partition coefficient (Wildman–Crippen LogP) is 6.38. The maximum atomic E-state index is 8.60. The van der Waals surface area contributed by atoms with Gasteiger partial charge in [-0.1, -0.05) is 128 Å². The quantitative estimate of drug-likeness (QED) is 0.176. The molecule has 3 rings (SSSR count). The molecule has 0 fully saturated rings. The Labute approximate surface area is 243 Å². The fourth-order valence-corrected chi connectivity index (χ4v) is 20.0. The number of hydrogen-bond acceptors (Lipinski definition) is 0. The summed E-state index contributed by atoms with van der Waals surface area (Å²) in [6, 6.07) is 14.3. The van der Waals surface area contributed by atoms with Crippen molar-refractivity contribution >= 4 is 73.8 Å². The normalized spacial score (nSPS) is 13.3. The predicted molar refractivity (Wildman–Crippen MR) is 187 cm³/mol. The van der Waals surface area contributed by atoms with Crippen molar-refractivity contribution in [1.82, 2.24) is 0 Å². The highest BCUT2D eigenvalue weighted by atomic mass is 35.6. The van der Waals surface area contributed by atoms with Crippen LogP contribution in [-0.4, -0.2) is 31.6 Å². The van der Waals surface area contributed by atoms with Crippen LogP contribution < -0.4 is 31.1 Å². The molecule has 0 aromatic heterocycles. The van der Waals surface area contributed by atoms with Gasteiger partial charge in [0.05, 0.1) is 24.2 Å². The minimum atomic E-state index is -2.94. The summed E-state index contributed by atoms with van der Waals surface area (Å²) in [6.07, 6.45) is 0. The van der Waals surface area contributed by atoms with Gasteiger partial charge in [0.1, 0.15) is 0 Å². The molecule has 3 aromatic rings. The Bertz CT molecular complexity index is 1210. The topological polar surface area (TPSA) is 0 Å². The van der Waals surface area contributed by atoms with Gasteiger partial charge in [0.2, 0.25) is 7.38 Å². The van der Waals surface area contributed by atoms with Crippen molar-refractivity contribution < 1.29 is 0 Å². The Morgan fingerprint density at radius 3 is 0.789 bits per heavy atom. The second-order valence-corrected chi connectivity index (χ2v) is 34.3. The zero-order chi connectivity index (χ0) is 29.2. The van der Waals surface area contributed by atoms with E-state index in [1.807, 2.05) is 0 Å². The molecule has 0 radical (unpaired) electrons. The first-order valence-electron chi connectivity index (χ1n) is 14.2. The van der Waals surface area contributed by atoms with Crippen LogP contribution in [0.1, 0.15) is 33.4 Å². The van der Waals surface area contributed by atoms with Gasteiger partial charge in [-0.3, -0.25) is 0 Å². The summed E-state index contributed by atoms with van der Waals surface area (Å²) in [7, 11) is -7.65. The maximum absolute atomic E-state index is 8.60. The lowest BCUT2D eigenvalue weighted by atomic mass is 10.1. The number of aryl methyl sites for hydroxylation is 3. The average molecular weight is 596 g/mol. The van der Waals surface area contributed by atoms with E-state index in [1.165, 1.54) is 48.9 Å². The molecule has 0 spiro atoms. The molecular weight excluding hydrogens is 544 g/mol. The molecule has 0 N–H and O–H groups in total. The van der Waals surface area contributed by atoms with E-state index < -0.39 is 31.6 Å². The third-order valence-electron chi connectivity index (χ3n) is 8.48. The molecule has 0 bridgehead atoms. The molecule has 0 atom stereocenters. The van der Waals surface area contributed by atoms with Gasteiger partial charge in [0.25, 0.3) is 0 Å². The lowest BCUT2D eigenvalue weighted by molar-refractivity contribution is 1.40. The Balaban J connectivity index is 2.70. The van der Waals surface area contributed by atoms with Gasteiger partial charge in [-0.2, -0.15) is 0 Å². The molecule has 0 amide bonds. The average Bonchev–Trinajstić information content (AvgIpc) is 2.70. The minimum Gasteiger partial charge on any atom is -0.149 e. The van der Waals surface area contributed by atoms with Crippen LogP contribution in [0.5, 0.6) is 0 Å². The van der Waals surface area contributed by atoms with Crippen LogP contribution in [0.3, 0.4) is 0 Å². The van der Waals surface area contributed by atoms with Crippen LogP contribution in [0.4, 0.5) is 0 Å². The zero-order valence-electron chi connectivity index (χ0n) is 26.8. The van der Waals surface area contributed by atoms with E-state index in [2.05, 4.69) is 137 Å². The van der Waals surface area contributed by atoms with Crippen molar-refractivity contribution in [3.8, 4) is 0 Å². The molecule has 5 heteroatoms. The smallest absolute Gasteiger partial charge is 0.149 e. The number of benzene rings is 3. The molecule has 0 aliphatic carbocycles. The van der Waals surface area contributed by atoms with Gasteiger partial charge in [0.15, 0.2) is 0 Å². The van der Waals surface area contributed by atoms with E-state index in [9.17, 15) is 0 Å². The van der Waals surface area contributed by atoms with Gasteiger partial charge in [-0.15, -0.1) is 11.1 Å². The Morgan fingerprint density at radius 1 is 0.395 bits per heavy atom. The molecule has 0 saturated heterocycles. The van der Waals surface area contributed by atoms with Crippen LogP contribution in [0.2, 0.25) is 58.9 Å². The lowest BCUT2D eigenvalue weighted by Gasteiger charge is -2.38. The zero-order valence-corrected chi connectivity index (χ0v) is 31.6. The van der Waals surface area contributed by atoms with E-state index in [1.54, 1.807) is 15.6 Å². The Hall–Kier alpha value is -1.18. The highest BCUT2D eigenvalue weighted by molar-refractivity contribution is 7.41. The number of hydrogen-bond donors (Lipinski definition) is 0. The van der Waals surface area contributed by atoms with E-state index in [0.717, 1.165) is 0 Å². The van der Waals surface area contributed by atoms with E-state index in [0.29, 0.717) is 0 Å². The van der Waals surface area contributed by atoms with E-state index in [4.69, 9.17) is 11.1 Å². The van der Waals surface area contributed by atoms with E-state index >= 15 is 0 Å². The second-order valence-electron chi connectivity index (χ2n) is 14.7. The van der Waals surface area contributed by atoms with Crippen molar-refractivity contribution in [2.24, 2.45) is 0 Å². The molecule has 38 heavy (non-hydrogen) atoms. The standard InChI is InChI=1S/C33H51ClSi4/c1-22-16-19-28(35(7,8)9)25(4)31(22)38(34,32-23(2)17-20-29(26(32)5)36(10,11)12)33-24(3)18-21-30(27(33)6)37(13,14)15/h16-21H,1-15H3. The fraction of sp³-hybridized carbons (Fsp3) is 0.455.